The molecule has 1 atom stereocenters. The predicted octanol–water partition coefficient (Wildman–Crippen LogP) is 2.40. The maximum atomic E-state index is 11.0. The smallest absolute Gasteiger partial charge is 0.360 e. The van der Waals surface area contributed by atoms with E-state index in [4.69, 9.17) is 16.0 Å². The number of alkyl halides is 1. The summed E-state index contributed by atoms with van der Waals surface area (Å²) in [5, 5.41) is -0.326. The summed E-state index contributed by atoms with van der Waals surface area (Å²) in [6, 6.07) is 0. The van der Waals surface area contributed by atoms with E-state index in [2.05, 4.69) is 9.72 Å². The van der Waals surface area contributed by atoms with Crippen molar-refractivity contribution in [2.24, 2.45) is 5.92 Å². The van der Waals surface area contributed by atoms with Crippen molar-refractivity contribution < 1.29 is 13.9 Å². The molecule has 0 bridgehead atoms. The molecule has 4 nitrogen and oxygen atoms in total. The largest absolute Gasteiger partial charge is 0.464 e. The molecule has 0 saturated carbocycles. The van der Waals surface area contributed by atoms with Crippen LogP contribution in [0.15, 0.2) is 10.7 Å². The van der Waals surface area contributed by atoms with Gasteiger partial charge in [-0.3, -0.25) is 0 Å². The summed E-state index contributed by atoms with van der Waals surface area (Å²) in [4.78, 5) is 15.0. The average Bonchev–Trinajstić information content (AvgIpc) is 2.64. The van der Waals surface area contributed by atoms with Crippen molar-refractivity contribution in [2.75, 3.05) is 7.11 Å². The van der Waals surface area contributed by atoms with Crippen molar-refractivity contribution in [2.45, 2.75) is 19.2 Å². The Labute approximate surface area is 87.2 Å². The van der Waals surface area contributed by atoms with Gasteiger partial charge in [0.05, 0.1) is 7.11 Å². The van der Waals surface area contributed by atoms with Crippen LogP contribution in [-0.4, -0.2) is 18.1 Å². The Balaban J connectivity index is 2.82. The highest BCUT2D eigenvalue weighted by Crippen LogP contribution is 2.27. The van der Waals surface area contributed by atoms with E-state index in [0.29, 0.717) is 5.89 Å². The van der Waals surface area contributed by atoms with Gasteiger partial charge in [-0.2, -0.15) is 0 Å². The molecule has 1 heterocycles. The first-order valence-electron chi connectivity index (χ1n) is 4.24. The zero-order valence-electron chi connectivity index (χ0n) is 8.28. The lowest BCUT2D eigenvalue weighted by Crippen LogP contribution is -2.03. The van der Waals surface area contributed by atoms with E-state index < -0.39 is 5.97 Å². The number of nitrogens with zero attached hydrogens (tertiary/aromatic N) is 1. The molecule has 0 fully saturated rings. The molecule has 0 spiro atoms. The van der Waals surface area contributed by atoms with Crippen LogP contribution in [0.25, 0.3) is 0 Å². The van der Waals surface area contributed by atoms with Crippen molar-refractivity contribution in [1.29, 1.82) is 0 Å². The molecule has 0 aromatic carbocycles. The average molecular weight is 218 g/mol. The van der Waals surface area contributed by atoms with Gasteiger partial charge < -0.3 is 9.15 Å². The van der Waals surface area contributed by atoms with E-state index in [1.807, 2.05) is 13.8 Å². The first-order chi connectivity index (χ1) is 6.56. The van der Waals surface area contributed by atoms with Crippen molar-refractivity contribution in [3.05, 3.63) is 17.8 Å². The number of oxazole rings is 1. The van der Waals surface area contributed by atoms with Crippen LogP contribution in [0, 0.1) is 5.92 Å². The van der Waals surface area contributed by atoms with E-state index in [9.17, 15) is 4.79 Å². The number of aromatic nitrogens is 1. The fourth-order valence-corrected chi connectivity index (χ4v) is 0.998. The highest BCUT2D eigenvalue weighted by molar-refractivity contribution is 6.20. The number of ether oxygens (including phenoxy) is 1. The highest BCUT2D eigenvalue weighted by atomic mass is 35.5. The second kappa shape index (κ2) is 4.46. The minimum atomic E-state index is -0.521. The van der Waals surface area contributed by atoms with E-state index in [1.54, 1.807) is 0 Å². The van der Waals surface area contributed by atoms with Gasteiger partial charge in [0.2, 0.25) is 5.89 Å². The molecule has 0 amide bonds. The molecule has 0 aliphatic carbocycles. The number of esters is 1. The van der Waals surface area contributed by atoms with Gasteiger partial charge in [-0.25, -0.2) is 9.78 Å². The van der Waals surface area contributed by atoms with Crippen LogP contribution in [0.3, 0.4) is 0 Å². The lowest BCUT2D eigenvalue weighted by molar-refractivity contribution is 0.0594. The minimum Gasteiger partial charge on any atom is -0.464 e. The van der Waals surface area contributed by atoms with Crippen LogP contribution >= 0.6 is 11.6 Å². The number of hydrogen-bond donors (Lipinski definition) is 0. The van der Waals surface area contributed by atoms with Crippen LogP contribution in [0.4, 0.5) is 0 Å². The summed E-state index contributed by atoms with van der Waals surface area (Å²) >= 11 is 5.99. The van der Waals surface area contributed by atoms with E-state index >= 15 is 0 Å². The van der Waals surface area contributed by atoms with Gasteiger partial charge in [0, 0.05) is 0 Å². The minimum absolute atomic E-state index is 0.147. The molecule has 0 saturated heterocycles. The van der Waals surface area contributed by atoms with Gasteiger partial charge in [0.25, 0.3) is 0 Å². The van der Waals surface area contributed by atoms with E-state index in [-0.39, 0.29) is 17.0 Å². The lowest BCUT2D eigenvalue weighted by Gasteiger charge is -2.07. The summed E-state index contributed by atoms with van der Waals surface area (Å²) in [5.74, 6) is 0.0236. The topological polar surface area (TPSA) is 52.3 Å². The molecular formula is C9H12ClNO3. The van der Waals surface area contributed by atoms with Crippen molar-refractivity contribution >= 4 is 17.6 Å². The molecule has 5 heteroatoms. The molecule has 0 N–H and O–H groups in total. The van der Waals surface area contributed by atoms with Crippen molar-refractivity contribution in [3.8, 4) is 0 Å². The van der Waals surface area contributed by atoms with Gasteiger partial charge in [0.1, 0.15) is 11.6 Å². The number of halogens is 1. The fourth-order valence-electron chi connectivity index (χ4n) is 0.898. The number of carbonyl (C=O) groups excluding carboxylic acids is 1. The summed E-state index contributed by atoms with van der Waals surface area (Å²) in [6.07, 6.45) is 1.25. The highest BCUT2D eigenvalue weighted by Gasteiger charge is 2.20. The van der Waals surface area contributed by atoms with Gasteiger partial charge in [-0.15, -0.1) is 11.6 Å². The Morgan fingerprint density at radius 2 is 2.29 bits per heavy atom. The molecule has 0 radical (unpaired) electrons. The van der Waals surface area contributed by atoms with Crippen LogP contribution in [0.1, 0.15) is 35.6 Å². The third-order valence-corrected chi connectivity index (χ3v) is 2.43. The Bertz CT molecular complexity index is 322. The molecule has 0 unspecified atom stereocenters. The molecule has 1 aromatic rings. The first-order valence-corrected chi connectivity index (χ1v) is 4.67. The number of hydrogen-bond acceptors (Lipinski definition) is 4. The van der Waals surface area contributed by atoms with Crippen molar-refractivity contribution in [3.63, 3.8) is 0 Å². The zero-order chi connectivity index (χ0) is 10.7. The maximum absolute atomic E-state index is 11.0. The maximum Gasteiger partial charge on any atom is 0.360 e. The molecule has 1 aromatic heterocycles. The van der Waals surface area contributed by atoms with Crippen LogP contribution < -0.4 is 0 Å². The first kappa shape index (κ1) is 11.0. The van der Waals surface area contributed by atoms with Crippen LogP contribution in [-0.2, 0) is 4.74 Å². The number of carbonyl (C=O) groups is 1. The van der Waals surface area contributed by atoms with Crippen LogP contribution in [0.5, 0.6) is 0 Å². The Morgan fingerprint density at radius 3 is 2.79 bits per heavy atom. The van der Waals surface area contributed by atoms with E-state index in [1.165, 1.54) is 13.4 Å². The SMILES string of the molecule is COC(=O)c1coc([C@@H](Cl)C(C)C)n1. The third-order valence-electron chi connectivity index (χ3n) is 1.74. The molecular weight excluding hydrogens is 206 g/mol. The zero-order valence-corrected chi connectivity index (χ0v) is 9.04. The number of methoxy groups -OCH3 is 1. The Kier molecular flexibility index (Phi) is 3.52. The summed E-state index contributed by atoms with van der Waals surface area (Å²) in [6.45, 7) is 3.89. The van der Waals surface area contributed by atoms with Gasteiger partial charge in [-0.05, 0) is 5.92 Å². The monoisotopic (exact) mass is 217 g/mol. The summed E-state index contributed by atoms with van der Waals surface area (Å²) < 4.78 is 9.55. The Morgan fingerprint density at radius 1 is 1.64 bits per heavy atom. The predicted molar refractivity (Wildman–Crippen MR) is 51.3 cm³/mol. The summed E-state index contributed by atoms with van der Waals surface area (Å²) in [7, 11) is 1.29. The molecule has 1 rings (SSSR count). The second-order valence-corrected chi connectivity index (χ2v) is 3.68. The standard InChI is InChI=1S/C9H12ClNO3/c1-5(2)7(10)8-11-6(4-14-8)9(12)13-3/h4-5,7H,1-3H3/t7-/m0/s1. The normalized spacial score (nSPS) is 12.9. The van der Waals surface area contributed by atoms with Crippen molar-refractivity contribution in [1.82, 2.24) is 4.98 Å². The third kappa shape index (κ3) is 2.26. The van der Waals surface area contributed by atoms with Gasteiger partial charge in [0.15, 0.2) is 5.69 Å². The lowest BCUT2D eigenvalue weighted by atomic mass is 10.1. The summed E-state index contributed by atoms with van der Waals surface area (Å²) in [5.41, 5.74) is 0.147. The van der Waals surface area contributed by atoms with Gasteiger partial charge in [-0.1, -0.05) is 13.8 Å². The Hall–Kier alpha value is -1.03. The van der Waals surface area contributed by atoms with Crippen LogP contribution in [0.2, 0.25) is 0 Å². The fraction of sp³-hybridized carbons (Fsp3) is 0.556. The second-order valence-electron chi connectivity index (χ2n) is 3.21. The molecule has 14 heavy (non-hydrogen) atoms. The molecule has 0 aliphatic rings. The molecule has 78 valence electrons. The molecule has 0 aliphatic heterocycles. The quantitative estimate of drug-likeness (QED) is 0.576. The number of rotatable bonds is 3. The van der Waals surface area contributed by atoms with Gasteiger partial charge >= 0.3 is 5.97 Å². The van der Waals surface area contributed by atoms with E-state index in [0.717, 1.165) is 0 Å².